The van der Waals surface area contributed by atoms with Gasteiger partial charge in [-0.2, -0.15) is 4.98 Å². The van der Waals surface area contributed by atoms with Crippen molar-refractivity contribution in [1.82, 2.24) is 9.97 Å². The second-order valence-electron chi connectivity index (χ2n) is 6.83. The zero-order chi connectivity index (χ0) is 22.2. The molecule has 7 nitrogen and oxygen atoms in total. The van der Waals surface area contributed by atoms with Gasteiger partial charge in [0.05, 0.1) is 16.7 Å². The normalized spacial score (nSPS) is 11.3. The highest BCUT2D eigenvalue weighted by atomic mass is 79.9. The highest BCUT2D eigenvalue weighted by molar-refractivity contribution is 9.10. The van der Waals surface area contributed by atoms with Crippen molar-refractivity contribution in [3.63, 3.8) is 0 Å². The van der Waals surface area contributed by atoms with Crippen LogP contribution in [0.1, 0.15) is 11.1 Å². The third-order valence-electron chi connectivity index (χ3n) is 4.30. The van der Waals surface area contributed by atoms with Gasteiger partial charge in [0.1, 0.15) is 0 Å². The molecule has 158 valence electrons. The van der Waals surface area contributed by atoms with Gasteiger partial charge in [-0.25, -0.2) is 4.98 Å². The molecule has 2 aromatic carbocycles. The van der Waals surface area contributed by atoms with E-state index in [0.717, 1.165) is 11.1 Å². The van der Waals surface area contributed by atoms with Gasteiger partial charge in [0.15, 0.2) is 6.61 Å². The molecule has 3 aromatic rings. The Balaban J connectivity index is 1.64. The summed E-state index contributed by atoms with van der Waals surface area (Å²) < 4.78 is 5.97. The molecule has 0 aliphatic carbocycles. The summed E-state index contributed by atoms with van der Waals surface area (Å²) >= 11 is 3.32. The van der Waals surface area contributed by atoms with Crippen molar-refractivity contribution in [2.75, 3.05) is 17.2 Å². The Bertz CT molecular complexity index is 1100. The van der Waals surface area contributed by atoms with Crippen molar-refractivity contribution >= 4 is 39.2 Å². The van der Waals surface area contributed by atoms with Gasteiger partial charge in [-0.3, -0.25) is 4.79 Å². The van der Waals surface area contributed by atoms with E-state index in [1.165, 1.54) is 0 Å². The number of nitrogens with one attached hydrogen (secondary N) is 2. The summed E-state index contributed by atoms with van der Waals surface area (Å²) in [5.41, 5.74) is 9.56. The Morgan fingerprint density at radius 1 is 1.26 bits per heavy atom. The number of aromatic nitrogens is 2. The fourth-order valence-corrected chi connectivity index (χ4v) is 3.04. The molecule has 0 spiro atoms. The number of nitrogens with two attached hydrogens (primary N) is 1. The van der Waals surface area contributed by atoms with E-state index in [2.05, 4.69) is 42.5 Å². The highest BCUT2D eigenvalue weighted by Crippen LogP contribution is 2.24. The minimum atomic E-state index is -0.662. The minimum Gasteiger partial charge on any atom is -0.464 e. The maximum absolute atomic E-state index is 12.5. The summed E-state index contributed by atoms with van der Waals surface area (Å²) in [4.78, 5) is 21.0. The van der Waals surface area contributed by atoms with Crippen molar-refractivity contribution in [3.05, 3.63) is 70.3 Å². The Labute approximate surface area is 189 Å². The van der Waals surface area contributed by atoms with Crippen LogP contribution in [0, 0.1) is 19.3 Å². The lowest BCUT2D eigenvalue weighted by Gasteiger charge is -2.14. The monoisotopic (exact) mass is 479 g/mol. The van der Waals surface area contributed by atoms with Crippen molar-refractivity contribution in [2.24, 2.45) is 5.73 Å². The molecule has 0 bridgehead atoms. The van der Waals surface area contributed by atoms with Crippen LogP contribution in [0.3, 0.4) is 0 Å². The molecule has 1 amide bonds. The number of anilines is 3. The lowest BCUT2D eigenvalue weighted by Crippen LogP contribution is -2.37. The average molecular weight is 480 g/mol. The Morgan fingerprint density at radius 3 is 2.74 bits per heavy atom. The zero-order valence-corrected chi connectivity index (χ0v) is 18.5. The molecule has 8 heteroatoms. The number of hydrogen-bond acceptors (Lipinski definition) is 6. The summed E-state index contributed by atoms with van der Waals surface area (Å²) in [5, 5.41) is 5.93. The Kier molecular flexibility index (Phi) is 7.60. The number of amides is 1. The fourth-order valence-electron chi connectivity index (χ4n) is 2.73. The van der Waals surface area contributed by atoms with Crippen LogP contribution in [0.25, 0.3) is 0 Å². The van der Waals surface area contributed by atoms with Gasteiger partial charge in [0.25, 0.3) is 0 Å². The maximum atomic E-state index is 12.5. The third kappa shape index (κ3) is 6.54. The topological polar surface area (TPSA) is 102 Å². The quantitative estimate of drug-likeness (QED) is 0.424. The molecule has 0 saturated heterocycles. The summed E-state index contributed by atoms with van der Waals surface area (Å²) in [6, 6.07) is 14.5. The SMILES string of the molecule is C#CCOc1nc(Nc2cccc(NC(=O)[C@@H](N)Cc3ccc(C)cc3)c2)ncc1Br. The summed E-state index contributed by atoms with van der Waals surface area (Å²) in [7, 11) is 0. The van der Waals surface area contributed by atoms with Crippen LogP contribution in [-0.2, 0) is 11.2 Å². The number of terminal acetylenes is 1. The highest BCUT2D eigenvalue weighted by Gasteiger charge is 2.15. The molecular weight excluding hydrogens is 458 g/mol. The van der Waals surface area contributed by atoms with Crippen molar-refractivity contribution in [2.45, 2.75) is 19.4 Å². The van der Waals surface area contributed by atoms with Crippen molar-refractivity contribution in [1.29, 1.82) is 0 Å². The van der Waals surface area contributed by atoms with Gasteiger partial charge in [0.2, 0.25) is 17.7 Å². The minimum absolute atomic E-state index is 0.0966. The van der Waals surface area contributed by atoms with Crippen LogP contribution in [0.2, 0.25) is 0 Å². The van der Waals surface area contributed by atoms with E-state index >= 15 is 0 Å². The van der Waals surface area contributed by atoms with Crippen LogP contribution in [0.5, 0.6) is 5.88 Å². The summed E-state index contributed by atoms with van der Waals surface area (Å²) in [5.74, 6) is 2.79. The van der Waals surface area contributed by atoms with Gasteiger partial charge < -0.3 is 21.1 Å². The molecule has 0 radical (unpaired) electrons. The number of carbonyl (C=O) groups excluding carboxylic acids is 1. The summed E-state index contributed by atoms with van der Waals surface area (Å²) in [6.07, 6.45) is 7.24. The lowest BCUT2D eigenvalue weighted by atomic mass is 10.0. The molecular formula is C23H22BrN5O2. The van der Waals surface area contributed by atoms with E-state index in [0.29, 0.717) is 34.1 Å². The number of rotatable bonds is 8. The van der Waals surface area contributed by atoms with Crippen LogP contribution < -0.4 is 21.1 Å². The van der Waals surface area contributed by atoms with Gasteiger partial charge in [-0.1, -0.05) is 41.8 Å². The maximum Gasteiger partial charge on any atom is 0.241 e. The molecule has 0 unspecified atom stereocenters. The van der Waals surface area contributed by atoms with Crippen molar-refractivity contribution < 1.29 is 9.53 Å². The second-order valence-corrected chi connectivity index (χ2v) is 7.69. The van der Waals surface area contributed by atoms with Gasteiger partial charge >= 0.3 is 0 Å². The van der Waals surface area contributed by atoms with E-state index in [-0.39, 0.29) is 12.5 Å². The Morgan fingerprint density at radius 2 is 2.00 bits per heavy atom. The number of hydrogen-bond donors (Lipinski definition) is 3. The standard InChI is InChI=1S/C23H22BrN5O2/c1-3-11-31-22-19(24)14-26-23(29-22)28-18-6-4-5-17(13-18)27-21(30)20(25)12-16-9-7-15(2)8-10-16/h1,4-10,13-14,20H,11-12,25H2,2H3,(H,27,30)(H,26,28,29)/t20-/m0/s1. The number of carbonyl (C=O) groups is 1. The molecule has 1 heterocycles. The third-order valence-corrected chi connectivity index (χ3v) is 4.85. The first kappa shape index (κ1) is 22.3. The van der Waals surface area contributed by atoms with Gasteiger partial charge in [-0.15, -0.1) is 6.42 Å². The van der Waals surface area contributed by atoms with Crippen LogP contribution in [0.15, 0.2) is 59.2 Å². The van der Waals surface area contributed by atoms with Crippen LogP contribution >= 0.6 is 15.9 Å². The predicted octanol–water partition coefficient (Wildman–Crippen LogP) is 3.81. The van der Waals surface area contributed by atoms with Crippen molar-refractivity contribution in [3.8, 4) is 18.2 Å². The van der Waals surface area contributed by atoms with Gasteiger partial charge in [-0.05, 0) is 53.0 Å². The van der Waals surface area contributed by atoms with E-state index in [1.807, 2.05) is 37.3 Å². The van der Waals surface area contributed by atoms with Crippen LogP contribution in [-0.4, -0.2) is 28.5 Å². The second kappa shape index (κ2) is 10.6. The molecule has 31 heavy (non-hydrogen) atoms. The largest absolute Gasteiger partial charge is 0.464 e. The first-order chi connectivity index (χ1) is 14.9. The molecule has 0 fully saturated rings. The average Bonchev–Trinajstić information content (AvgIpc) is 2.76. The number of aryl methyl sites for hydroxylation is 1. The first-order valence-corrected chi connectivity index (χ1v) is 10.3. The number of ether oxygens (including phenoxy) is 1. The lowest BCUT2D eigenvalue weighted by molar-refractivity contribution is -0.117. The van der Waals surface area contributed by atoms with E-state index in [9.17, 15) is 4.79 Å². The molecule has 1 aromatic heterocycles. The molecule has 4 N–H and O–H groups in total. The zero-order valence-electron chi connectivity index (χ0n) is 16.9. The summed E-state index contributed by atoms with van der Waals surface area (Å²) in [6.45, 7) is 2.11. The van der Waals surface area contributed by atoms with E-state index in [4.69, 9.17) is 16.9 Å². The van der Waals surface area contributed by atoms with E-state index in [1.54, 1.807) is 24.4 Å². The molecule has 0 aliphatic heterocycles. The smallest absolute Gasteiger partial charge is 0.241 e. The van der Waals surface area contributed by atoms with Crippen LogP contribution in [0.4, 0.5) is 17.3 Å². The molecule has 1 atom stereocenters. The fraction of sp³-hybridized carbons (Fsp3) is 0.174. The molecule has 0 aliphatic rings. The van der Waals surface area contributed by atoms with Gasteiger partial charge in [0, 0.05) is 11.4 Å². The van der Waals surface area contributed by atoms with E-state index < -0.39 is 6.04 Å². The number of nitrogens with zero attached hydrogens (tertiary/aromatic N) is 2. The first-order valence-electron chi connectivity index (χ1n) is 9.52. The number of benzene rings is 2. The Hall–Kier alpha value is -3.41. The molecule has 3 rings (SSSR count). The number of halogens is 1. The molecule has 0 saturated carbocycles. The predicted molar refractivity (Wildman–Crippen MR) is 125 cm³/mol.